The highest BCUT2D eigenvalue weighted by molar-refractivity contribution is 7.48. The topological polar surface area (TPSA) is 100 Å². The zero-order valence-electron chi connectivity index (χ0n) is 8.38. The third-order valence-electron chi connectivity index (χ3n) is 1.96. The van der Waals surface area contributed by atoms with E-state index in [9.17, 15) is 14.4 Å². The second-order valence-electron chi connectivity index (χ2n) is 3.06. The first kappa shape index (κ1) is 12.2. The van der Waals surface area contributed by atoms with Crippen LogP contribution >= 0.6 is 7.60 Å². The Bertz CT molecular complexity index is 359. The zero-order valence-corrected chi connectivity index (χ0v) is 9.28. The third kappa shape index (κ3) is 3.32. The molecular formula is C9H13NO4P-. The Morgan fingerprint density at radius 1 is 1.40 bits per heavy atom. The quantitative estimate of drug-likeness (QED) is 0.687. The fourth-order valence-corrected chi connectivity index (χ4v) is 1.67. The Balaban J connectivity index is 2.84. The first-order valence-electron chi connectivity index (χ1n) is 4.52. The minimum absolute atomic E-state index is 0.381. The highest BCUT2D eigenvalue weighted by atomic mass is 31.2. The summed E-state index contributed by atoms with van der Waals surface area (Å²) in [6.45, 7) is 2.39. The highest BCUT2D eigenvalue weighted by Crippen LogP contribution is 2.38. The van der Waals surface area contributed by atoms with Crippen LogP contribution in [0.3, 0.4) is 0 Å². The molecular weight excluding hydrogens is 217 g/mol. The van der Waals surface area contributed by atoms with E-state index < -0.39 is 13.4 Å². The molecule has 5 nitrogen and oxygen atoms in total. The molecule has 0 saturated heterocycles. The minimum atomic E-state index is -4.66. The van der Waals surface area contributed by atoms with Crippen LogP contribution in [-0.2, 0) is 4.57 Å². The summed E-state index contributed by atoms with van der Waals surface area (Å²) in [5, 5.41) is 0. The minimum Gasteiger partial charge on any atom is -0.806 e. The smallest absolute Gasteiger partial charge is 0.135 e. The van der Waals surface area contributed by atoms with Crippen LogP contribution in [0, 0.1) is 0 Å². The maximum absolute atomic E-state index is 10.7. The van der Waals surface area contributed by atoms with Crippen LogP contribution in [-0.4, -0.2) is 6.61 Å². The molecule has 0 heterocycles. The lowest BCUT2D eigenvalue weighted by molar-refractivity contribution is -0.434. The van der Waals surface area contributed by atoms with Gasteiger partial charge in [-0.3, -0.25) is 0 Å². The van der Waals surface area contributed by atoms with Crippen molar-refractivity contribution in [3.8, 4) is 5.75 Å². The van der Waals surface area contributed by atoms with Crippen molar-refractivity contribution in [2.75, 3.05) is 6.61 Å². The van der Waals surface area contributed by atoms with Crippen molar-refractivity contribution in [1.29, 1.82) is 0 Å². The molecule has 0 fully saturated rings. The number of rotatable bonds is 4. The molecule has 3 N–H and O–H groups in total. The van der Waals surface area contributed by atoms with Crippen molar-refractivity contribution in [2.24, 2.45) is 0 Å². The van der Waals surface area contributed by atoms with Crippen LogP contribution in [0.15, 0.2) is 24.3 Å². The summed E-state index contributed by atoms with van der Waals surface area (Å²) in [5.74, 6) is -0.603. The van der Waals surface area contributed by atoms with Crippen molar-refractivity contribution < 1.29 is 24.8 Å². The standard InChI is InChI=1S/C9H14NO4P/c1-2-14-8-5-3-7(4-6-8)9(10)15(11,12)13/h3-6,9H,2,10H2,1H3,(H2,11,12,13)/p-1/t9-/m1/s1. The van der Waals surface area contributed by atoms with Crippen molar-refractivity contribution in [2.45, 2.75) is 12.7 Å². The molecule has 0 aliphatic rings. The fraction of sp³-hybridized carbons (Fsp3) is 0.333. The van der Waals surface area contributed by atoms with E-state index in [4.69, 9.17) is 4.74 Å². The third-order valence-corrected chi connectivity index (χ3v) is 3.02. The summed E-state index contributed by atoms with van der Waals surface area (Å²) >= 11 is 0. The molecule has 84 valence electrons. The molecule has 0 aliphatic heterocycles. The van der Waals surface area contributed by atoms with Gasteiger partial charge in [0.25, 0.3) is 0 Å². The van der Waals surface area contributed by atoms with Gasteiger partial charge in [-0.2, -0.15) is 0 Å². The molecule has 6 heteroatoms. The average Bonchev–Trinajstić information content (AvgIpc) is 2.17. The molecule has 1 aromatic carbocycles. The normalized spacial score (nSPS) is 13.6. The molecule has 15 heavy (non-hydrogen) atoms. The van der Waals surface area contributed by atoms with Crippen molar-refractivity contribution in [3.05, 3.63) is 29.8 Å². The summed E-state index contributed by atoms with van der Waals surface area (Å²) in [6, 6.07) is 6.30. The fourth-order valence-electron chi connectivity index (χ4n) is 1.14. The molecule has 0 aromatic heterocycles. The van der Waals surface area contributed by atoms with Crippen LogP contribution in [0.4, 0.5) is 0 Å². The van der Waals surface area contributed by atoms with Gasteiger partial charge in [0.1, 0.15) is 11.5 Å². The van der Waals surface area contributed by atoms with Crippen molar-refractivity contribution in [3.63, 3.8) is 0 Å². The number of hydrogen-bond donors (Lipinski definition) is 1. The van der Waals surface area contributed by atoms with Gasteiger partial charge in [0.2, 0.25) is 0 Å². The summed E-state index contributed by atoms with van der Waals surface area (Å²) in [5.41, 5.74) is 3.71. The summed E-state index contributed by atoms with van der Waals surface area (Å²) < 4.78 is 15.9. The number of hydrogen-bond acceptors (Lipinski definition) is 4. The largest absolute Gasteiger partial charge is 0.806 e. The molecule has 0 bridgehead atoms. The van der Waals surface area contributed by atoms with Crippen LogP contribution in [0.1, 0.15) is 18.3 Å². The van der Waals surface area contributed by atoms with E-state index in [0.29, 0.717) is 17.9 Å². The van der Waals surface area contributed by atoms with Crippen LogP contribution in [0.2, 0.25) is 0 Å². The van der Waals surface area contributed by atoms with Crippen LogP contribution in [0.25, 0.3) is 0 Å². The van der Waals surface area contributed by atoms with Gasteiger partial charge in [0, 0.05) is 5.56 Å². The molecule has 0 spiro atoms. The second kappa shape index (κ2) is 4.77. The molecule has 0 unspecified atom stereocenters. The maximum Gasteiger partial charge on any atom is 0.135 e. The Morgan fingerprint density at radius 3 is 2.33 bits per heavy atom. The van der Waals surface area contributed by atoms with Gasteiger partial charge in [-0.15, -0.1) is 0 Å². The lowest BCUT2D eigenvalue weighted by Gasteiger charge is -2.32. The molecule has 0 saturated carbocycles. The SMILES string of the molecule is CCOc1ccc([C@H]([NH3+])P(=O)([O-])[O-])cc1. The summed E-state index contributed by atoms with van der Waals surface area (Å²) in [7, 11) is -4.66. The van der Waals surface area contributed by atoms with Gasteiger partial charge in [-0.05, 0) is 38.8 Å². The van der Waals surface area contributed by atoms with E-state index in [2.05, 4.69) is 5.73 Å². The lowest BCUT2D eigenvalue weighted by atomic mass is 10.2. The molecule has 0 aliphatic carbocycles. The lowest BCUT2D eigenvalue weighted by Crippen LogP contribution is -2.56. The molecule has 1 aromatic rings. The van der Waals surface area contributed by atoms with E-state index >= 15 is 0 Å². The molecule has 0 radical (unpaired) electrons. The Morgan fingerprint density at radius 2 is 1.93 bits per heavy atom. The molecule has 1 atom stereocenters. The van der Waals surface area contributed by atoms with Gasteiger partial charge in [-0.25, -0.2) is 0 Å². The monoisotopic (exact) mass is 230 g/mol. The average molecular weight is 230 g/mol. The van der Waals surface area contributed by atoms with Gasteiger partial charge in [0.15, 0.2) is 0 Å². The predicted octanol–water partition coefficient (Wildman–Crippen LogP) is -0.760. The van der Waals surface area contributed by atoms with Gasteiger partial charge >= 0.3 is 0 Å². The first-order valence-corrected chi connectivity index (χ1v) is 6.14. The first-order chi connectivity index (χ1) is 6.95. The predicted molar refractivity (Wildman–Crippen MR) is 50.8 cm³/mol. The van der Waals surface area contributed by atoms with Crippen LogP contribution < -0.4 is 20.3 Å². The summed E-state index contributed by atoms with van der Waals surface area (Å²) in [6.07, 6.45) is 0. The van der Waals surface area contributed by atoms with Crippen molar-refractivity contribution >= 4 is 7.60 Å². The van der Waals surface area contributed by atoms with Crippen LogP contribution in [0.5, 0.6) is 5.75 Å². The highest BCUT2D eigenvalue weighted by Gasteiger charge is 2.13. The Kier molecular flexibility index (Phi) is 3.88. The van der Waals surface area contributed by atoms with Gasteiger partial charge < -0.3 is 24.8 Å². The van der Waals surface area contributed by atoms with E-state index in [1.165, 1.54) is 12.1 Å². The summed E-state index contributed by atoms with van der Waals surface area (Å²) in [4.78, 5) is 21.4. The number of ether oxygens (including phenoxy) is 1. The van der Waals surface area contributed by atoms with Gasteiger partial charge in [-0.1, -0.05) is 0 Å². The van der Waals surface area contributed by atoms with Crippen molar-refractivity contribution in [1.82, 2.24) is 0 Å². The Labute approximate surface area is 88.0 Å². The van der Waals surface area contributed by atoms with E-state index in [1.807, 2.05) is 6.92 Å². The number of quaternary nitrogens is 1. The number of benzene rings is 1. The molecule has 0 amide bonds. The van der Waals surface area contributed by atoms with E-state index in [-0.39, 0.29) is 0 Å². The second-order valence-corrected chi connectivity index (χ2v) is 4.76. The zero-order chi connectivity index (χ0) is 11.5. The Hall–Kier alpha value is -0.870. The van der Waals surface area contributed by atoms with E-state index in [1.54, 1.807) is 12.1 Å². The van der Waals surface area contributed by atoms with Gasteiger partial charge in [0.05, 0.1) is 6.61 Å². The van der Waals surface area contributed by atoms with E-state index in [0.717, 1.165) is 0 Å². The maximum atomic E-state index is 10.7. The molecule has 1 rings (SSSR count).